The molecule has 1 aromatic rings. The lowest BCUT2D eigenvalue weighted by Crippen LogP contribution is -2.44. The molecule has 2 fully saturated rings. The number of hydrogen-bond acceptors (Lipinski definition) is 3. The van der Waals surface area contributed by atoms with Crippen molar-refractivity contribution in [3.63, 3.8) is 0 Å². The average Bonchev–Trinajstić information content (AvgIpc) is 2.71. The van der Waals surface area contributed by atoms with Crippen molar-refractivity contribution < 1.29 is 9.50 Å². The highest BCUT2D eigenvalue weighted by Crippen LogP contribution is 2.26. The highest BCUT2D eigenvalue weighted by atomic mass is 19.1. The number of aromatic hydroxyl groups is 1. The number of likely N-dealkylation sites (tertiary alicyclic amines) is 1. The first-order valence-corrected chi connectivity index (χ1v) is 11.3. The van der Waals surface area contributed by atoms with Crippen LogP contribution in [0.4, 0.5) is 10.1 Å². The topological polar surface area (TPSA) is 59.9 Å². The van der Waals surface area contributed by atoms with Gasteiger partial charge in [-0.15, -0.1) is 0 Å². The zero-order chi connectivity index (χ0) is 20.6. The molecule has 0 radical (unpaired) electrons. The SMILES string of the molecule is CC1CCCCC1NC(=NCCCN1CCCCC1C)Nc1cc(F)ccc1O. The number of guanidine groups is 1. The molecule has 3 N–H and O–H groups in total. The van der Waals surface area contributed by atoms with Crippen LogP contribution >= 0.6 is 0 Å². The van der Waals surface area contributed by atoms with Gasteiger partial charge in [0.25, 0.3) is 0 Å². The molecule has 1 heterocycles. The van der Waals surface area contributed by atoms with E-state index < -0.39 is 0 Å². The Morgan fingerprint density at radius 1 is 1.17 bits per heavy atom. The van der Waals surface area contributed by atoms with Crippen molar-refractivity contribution in [3.8, 4) is 5.75 Å². The Kier molecular flexibility index (Phi) is 8.16. The normalized spacial score (nSPS) is 26.3. The van der Waals surface area contributed by atoms with E-state index >= 15 is 0 Å². The van der Waals surface area contributed by atoms with Gasteiger partial charge in [0.1, 0.15) is 11.6 Å². The summed E-state index contributed by atoms with van der Waals surface area (Å²) in [6.45, 7) is 7.53. The van der Waals surface area contributed by atoms with E-state index in [-0.39, 0.29) is 11.6 Å². The van der Waals surface area contributed by atoms with Crippen LogP contribution in [-0.4, -0.2) is 47.7 Å². The van der Waals surface area contributed by atoms with Crippen molar-refractivity contribution in [2.75, 3.05) is 25.0 Å². The number of benzene rings is 1. The van der Waals surface area contributed by atoms with Gasteiger partial charge in [0.15, 0.2) is 5.96 Å². The molecule has 3 unspecified atom stereocenters. The summed E-state index contributed by atoms with van der Waals surface area (Å²) in [6, 6.07) is 4.96. The largest absolute Gasteiger partial charge is 0.506 e. The highest BCUT2D eigenvalue weighted by Gasteiger charge is 2.22. The van der Waals surface area contributed by atoms with Crippen LogP contribution in [0.3, 0.4) is 0 Å². The van der Waals surface area contributed by atoms with Gasteiger partial charge in [-0.2, -0.15) is 0 Å². The zero-order valence-corrected chi connectivity index (χ0v) is 18.0. The van der Waals surface area contributed by atoms with Crippen molar-refractivity contribution in [1.29, 1.82) is 0 Å². The molecule has 0 aromatic heterocycles. The summed E-state index contributed by atoms with van der Waals surface area (Å²) < 4.78 is 13.7. The van der Waals surface area contributed by atoms with Crippen LogP contribution in [0, 0.1) is 11.7 Å². The summed E-state index contributed by atoms with van der Waals surface area (Å²) in [4.78, 5) is 7.32. The molecule has 2 aliphatic rings. The molecule has 3 rings (SSSR count). The molecule has 0 bridgehead atoms. The predicted octanol–water partition coefficient (Wildman–Crippen LogP) is 4.73. The summed E-state index contributed by atoms with van der Waals surface area (Å²) in [5.41, 5.74) is 0.351. The van der Waals surface area contributed by atoms with Gasteiger partial charge in [0.05, 0.1) is 5.69 Å². The number of rotatable bonds is 6. The maximum absolute atomic E-state index is 13.7. The van der Waals surface area contributed by atoms with Crippen LogP contribution in [-0.2, 0) is 0 Å². The second-order valence-electron chi connectivity index (χ2n) is 8.76. The molecule has 6 heteroatoms. The van der Waals surface area contributed by atoms with Gasteiger partial charge in [0, 0.05) is 31.2 Å². The summed E-state index contributed by atoms with van der Waals surface area (Å²) in [5, 5.41) is 16.8. The van der Waals surface area contributed by atoms with E-state index in [1.54, 1.807) is 0 Å². The molecule has 29 heavy (non-hydrogen) atoms. The van der Waals surface area contributed by atoms with Crippen molar-refractivity contribution in [1.82, 2.24) is 10.2 Å². The minimum Gasteiger partial charge on any atom is -0.506 e. The second kappa shape index (κ2) is 10.8. The molecule has 0 spiro atoms. The smallest absolute Gasteiger partial charge is 0.196 e. The summed E-state index contributed by atoms with van der Waals surface area (Å²) >= 11 is 0. The lowest BCUT2D eigenvalue weighted by Gasteiger charge is -2.33. The Bertz CT molecular complexity index is 681. The quantitative estimate of drug-likeness (QED) is 0.278. The lowest BCUT2D eigenvalue weighted by molar-refractivity contribution is 0.160. The van der Waals surface area contributed by atoms with Gasteiger partial charge in [-0.1, -0.05) is 26.2 Å². The van der Waals surface area contributed by atoms with E-state index in [0.717, 1.165) is 19.4 Å². The molecule has 1 saturated carbocycles. The number of nitrogens with one attached hydrogen (secondary N) is 2. The second-order valence-corrected chi connectivity index (χ2v) is 8.76. The van der Waals surface area contributed by atoms with E-state index in [1.165, 1.54) is 63.3 Å². The van der Waals surface area contributed by atoms with Crippen molar-refractivity contribution in [3.05, 3.63) is 24.0 Å². The first-order valence-electron chi connectivity index (χ1n) is 11.3. The molecule has 5 nitrogen and oxygen atoms in total. The number of phenols is 1. The van der Waals surface area contributed by atoms with Crippen LogP contribution in [0.25, 0.3) is 0 Å². The first kappa shape index (κ1) is 21.9. The molecule has 1 aromatic carbocycles. The number of piperidine rings is 1. The van der Waals surface area contributed by atoms with E-state index in [1.807, 2.05) is 0 Å². The minimum atomic E-state index is -0.380. The maximum atomic E-state index is 13.7. The average molecular weight is 405 g/mol. The minimum absolute atomic E-state index is 0.0275. The van der Waals surface area contributed by atoms with Crippen molar-refractivity contribution >= 4 is 11.6 Å². The standard InChI is InChI=1S/C23H37FN4O/c1-17-8-3-4-10-20(17)26-23(27-21-16-19(24)11-12-22(21)29)25-13-7-15-28-14-6-5-9-18(28)2/h11-12,16-18,20,29H,3-10,13-15H2,1-2H3,(H2,25,26,27). The number of anilines is 1. The molecule has 3 atom stereocenters. The van der Waals surface area contributed by atoms with Gasteiger partial charge in [-0.3, -0.25) is 4.99 Å². The fourth-order valence-electron chi connectivity index (χ4n) is 4.52. The van der Waals surface area contributed by atoms with Crippen LogP contribution in [0.5, 0.6) is 5.75 Å². The van der Waals surface area contributed by atoms with Crippen LogP contribution in [0.2, 0.25) is 0 Å². The number of phenolic OH excluding ortho intramolecular Hbond substituents is 1. The van der Waals surface area contributed by atoms with E-state index in [2.05, 4.69) is 29.4 Å². The number of nitrogens with zero attached hydrogens (tertiary/aromatic N) is 2. The van der Waals surface area contributed by atoms with Gasteiger partial charge in [0.2, 0.25) is 0 Å². The van der Waals surface area contributed by atoms with E-state index in [4.69, 9.17) is 4.99 Å². The Labute approximate surface area is 174 Å². The Morgan fingerprint density at radius 3 is 2.76 bits per heavy atom. The van der Waals surface area contributed by atoms with E-state index in [9.17, 15) is 9.50 Å². The first-order chi connectivity index (χ1) is 14.0. The third-order valence-corrected chi connectivity index (χ3v) is 6.46. The van der Waals surface area contributed by atoms with Crippen molar-refractivity contribution in [2.45, 2.75) is 77.3 Å². The third-order valence-electron chi connectivity index (χ3n) is 6.46. The summed E-state index contributed by atoms with van der Waals surface area (Å²) in [5.74, 6) is 0.858. The maximum Gasteiger partial charge on any atom is 0.196 e. The Balaban J connectivity index is 1.62. The fraction of sp³-hybridized carbons (Fsp3) is 0.696. The molecule has 1 aliphatic heterocycles. The fourth-order valence-corrected chi connectivity index (χ4v) is 4.52. The monoisotopic (exact) mass is 404 g/mol. The number of hydrogen-bond donors (Lipinski definition) is 3. The Hall–Kier alpha value is -1.82. The summed E-state index contributed by atoms with van der Waals surface area (Å²) in [7, 11) is 0. The predicted molar refractivity (Wildman–Crippen MR) is 118 cm³/mol. The van der Waals surface area contributed by atoms with Crippen LogP contribution in [0.15, 0.2) is 23.2 Å². The Morgan fingerprint density at radius 2 is 1.97 bits per heavy atom. The van der Waals surface area contributed by atoms with Crippen LogP contribution < -0.4 is 10.6 Å². The molecule has 0 amide bonds. The zero-order valence-electron chi connectivity index (χ0n) is 18.0. The molecule has 162 valence electrons. The van der Waals surface area contributed by atoms with Crippen LogP contribution in [0.1, 0.15) is 65.2 Å². The van der Waals surface area contributed by atoms with E-state index in [0.29, 0.717) is 36.2 Å². The van der Waals surface area contributed by atoms with Gasteiger partial charge in [-0.25, -0.2) is 4.39 Å². The highest BCUT2D eigenvalue weighted by molar-refractivity contribution is 5.95. The lowest BCUT2D eigenvalue weighted by atomic mass is 9.86. The van der Waals surface area contributed by atoms with Gasteiger partial charge >= 0.3 is 0 Å². The molecule has 1 saturated heterocycles. The third kappa shape index (κ3) is 6.59. The summed E-state index contributed by atoms with van der Waals surface area (Å²) in [6.07, 6.45) is 9.73. The molecular formula is C23H37FN4O. The molecular weight excluding hydrogens is 367 g/mol. The van der Waals surface area contributed by atoms with Crippen molar-refractivity contribution in [2.24, 2.45) is 10.9 Å². The van der Waals surface area contributed by atoms with Gasteiger partial charge in [-0.05, 0) is 63.6 Å². The van der Waals surface area contributed by atoms with Gasteiger partial charge < -0.3 is 20.6 Å². The molecule has 1 aliphatic carbocycles. The number of aliphatic imine (C=N–C) groups is 1. The number of halogens is 1.